The zero-order chi connectivity index (χ0) is 12.9. The standard InChI is InChI=1S/C14H15NO4/c16-13(14-6-9(14)7-14)15-3-4-17-10-1-2-11-12(5-10)19-8-18-11/h1-2,5,9H,3-4,6-8H2,(H,15,16). The maximum atomic E-state index is 11.7. The maximum Gasteiger partial charge on any atom is 0.231 e. The molecular formula is C14H15NO4. The summed E-state index contributed by atoms with van der Waals surface area (Å²) in [6.07, 6.45) is 2.17. The Hall–Kier alpha value is -1.91. The number of amides is 1. The third kappa shape index (κ3) is 1.80. The molecule has 3 aliphatic rings. The summed E-state index contributed by atoms with van der Waals surface area (Å²) in [5.74, 6) is 3.06. The van der Waals surface area contributed by atoms with Crippen molar-refractivity contribution < 1.29 is 19.0 Å². The topological polar surface area (TPSA) is 56.8 Å². The number of nitrogens with one attached hydrogen (secondary N) is 1. The lowest BCUT2D eigenvalue weighted by atomic mass is 10.2. The molecule has 5 heteroatoms. The number of carbonyl (C=O) groups excluding carboxylic acids is 1. The van der Waals surface area contributed by atoms with Crippen LogP contribution < -0.4 is 19.5 Å². The van der Waals surface area contributed by atoms with Crippen molar-refractivity contribution in [1.82, 2.24) is 5.32 Å². The summed E-state index contributed by atoms with van der Waals surface area (Å²) in [5.41, 5.74) is 0.0404. The molecule has 2 aliphatic carbocycles. The highest BCUT2D eigenvalue weighted by atomic mass is 16.7. The minimum atomic E-state index is 0.0404. The van der Waals surface area contributed by atoms with Crippen LogP contribution >= 0.6 is 0 Å². The predicted octanol–water partition coefficient (Wildman–Crippen LogP) is 1.32. The quantitative estimate of drug-likeness (QED) is 0.812. The second-order valence-corrected chi connectivity index (χ2v) is 5.38. The minimum absolute atomic E-state index is 0.0404. The van der Waals surface area contributed by atoms with Gasteiger partial charge in [-0.1, -0.05) is 0 Å². The van der Waals surface area contributed by atoms with Gasteiger partial charge in [0.25, 0.3) is 0 Å². The third-order valence-electron chi connectivity index (χ3n) is 4.14. The van der Waals surface area contributed by atoms with E-state index in [1.165, 1.54) is 0 Å². The molecule has 0 saturated heterocycles. The predicted molar refractivity (Wildman–Crippen MR) is 66.2 cm³/mol. The van der Waals surface area contributed by atoms with E-state index in [1.807, 2.05) is 12.1 Å². The largest absolute Gasteiger partial charge is 0.492 e. The lowest BCUT2D eigenvalue weighted by Crippen LogP contribution is -2.31. The van der Waals surface area contributed by atoms with Crippen molar-refractivity contribution in [3.8, 4) is 17.2 Å². The van der Waals surface area contributed by atoms with Crippen LogP contribution in [0.25, 0.3) is 0 Å². The molecule has 0 bridgehead atoms. The first kappa shape index (κ1) is 11.0. The Kier molecular flexibility index (Phi) is 2.19. The van der Waals surface area contributed by atoms with E-state index in [9.17, 15) is 4.79 Å². The van der Waals surface area contributed by atoms with E-state index in [0.717, 1.165) is 24.3 Å². The highest BCUT2D eigenvalue weighted by Gasteiger charge is 2.74. The Bertz CT molecular complexity index is 536. The molecule has 0 atom stereocenters. The minimum Gasteiger partial charge on any atom is -0.492 e. The molecule has 0 aromatic heterocycles. The van der Waals surface area contributed by atoms with Gasteiger partial charge in [-0.05, 0) is 30.9 Å². The number of ether oxygens (including phenoxy) is 3. The summed E-state index contributed by atoms with van der Waals surface area (Å²) in [6, 6.07) is 5.47. The molecule has 1 heterocycles. The third-order valence-corrected chi connectivity index (χ3v) is 4.14. The van der Waals surface area contributed by atoms with Gasteiger partial charge in [0.1, 0.15) is 12.4 Å². The molecule has 0 spiro atoms. The van der Waals surface area contributed by atoms with E-state index in [-0.39, 0.29) is 18.1 Å². The molecule has 1 amide bonds. The number of benzene rings is 1. The Morgan fingerprint density at radius 1 is 1.37 bits per heavy atom. The van der Waals surface area contributed by atoms with Crippen molar-refractivity contribution in [2.24, 2.45) is 11.3 Å². The first-order chi connectivity index (χ1) is 9.28. The fraction of sp³-hybridized carbons (Fsp3) is 0.500. The van der Waals surface area contributed by atoms with Crippen LogP contribution in [0.15, 0.2) is 18.2 Å². The van der Waals surface area contributed by atoms with Crippen LogP contribution in [0.3, 0.4) is 0 Å². The van der Waals surface area contributed by atoms with Crippen molar-refractivity contribution in [3.63, 3.8) is 0 Å². The number of carbonyl (C=O) groups is 1. The zero-order valence-electron chi connectivity index (χ0n) is 10.5. The summed E-state index contributed by atoms with van der Waals surface area (Å²) in [5, 5.41) is 2.93. The van der Waals surface area contributed by atoms with Crippen molar-refractivity contribution in [1.29, 1.82) is 0 Å². The van der Waals surface area contributed by atoms with Gasteiger partial charge in [-0.2, -0.15) is 0 Å². The SMILES string of the molecule is O=C(NCCOc1ccc2c(c1)OCO2)C12CC1C2. The molecule has 2 saturated carbocycles. The number of hydrogen-bond acceptors (Lipinski definition) is 4. The molecule has 1 aliphatic heterocycles. The highest BCUT2D eigenvalue weighted by molar-refractivity contribution is 5.89. The lowest BCUT2D eigenvalue weighted by Gasteiger charge is -2.09. The van der Waals surface area contributed by atoms with Gasteiger partial charge in [0.2, 0.25) is 12.7 Å². The number of rotatable bonds is 5. The van der Waals surface area contributed by atoms with Crippen LogP contribution in [0.2, 0.25) is 0 Å². The molecule has 5 nitrogen and oxygen atoms in total. The van der Waals surface area contributed by atoms with Gasteiger partial charge in [0, 0.05) is 6.07 Å². The summed E-state index contributed by atoms with van der Waals surface area (Å²) < 4.78 is 16.1. The molecule has 19 heavy (non-hydrogen) atoms. The molecule has 1 aromatic rings. The van der Waals surface area contributed by atoms with Crippen LogP contribution in [-0.2, 0) is 4.79 Å². The van der Waals surface area contributed by atoms with Gasteiger partial charge >= 0.3 is 0 Å². The van der Waals surface area contributed by atoms with Crippen molar-refractivity contribution >= 4 is 5.91 Å². The molecule has 2 fully saturated rings. The zero-order valence-corrected chi connectivity index (χ0v) is 10.5. The Morgan fingerprint density at radius 2 is 2.16 bits per heavy atom. The van der Waals surface area contributed by atoms with Gasteiger partial charge in [0.15, 0.2) is 11.5 Å². The first-order valence-corrected chi connectivity index (χ1v) is 6.59. The number of fused-ring (bicyclic) bond motifs is 2. The summed E-state index contributed by atoms with van der Waals surface area (Å²) in [6.45, 7) is 1.27. The van der Waals surface area contributed by atoms with Gasteiger partial charge < -0.3 is 19.5 Å². The van der Waals surface area contributed by atoms with Crippen molar-refractivity contribution in [3.05, 3.63) is 18.2 Å². The normalized spacial score (nSPS) is 28.5. The fourth-order valence-electron chi connectivity index (χ4n) is 2.55. The summed E-state index contributed by atoms with van der Waals surface area (Å²) in [4.78, 5) is 11.7. The van der Waals surface area contributed by atoms with E-state index in [0.29, 0.717) is 24.8 Å². The maximum absolute atomic E-state index is 11.7. The van der Waals surface area contributed by atoms with E-state index in [2.05, 4.69) is 5.32 Å². The average molecular weight is 261 g/mol. The Labute approximate surface area is 110 Å². The first-order valence-electron chi connectivity index (χ1n) is 6.59. The molecular weight excluding hydrogens is 246 g/mol. The van der Waals surface area contributed by atoms with Crippen molar-refractivity contribution in [2.45, 2.75) is 12.8 Å². The van der Waals surface area contributed by atoms with Crippen molar-refractivity contribution in [2.75, 3.05) is 19.9 Å². The van der Waals surface area contributed by atoms with E-state index in [1.54, 1.807) is 6.07 Å². The second-order valence-electron chi connectivity index (χ2n) is 5.38. The van der Waals surface area contributed by atoms with Gasteiger partial charge in [-0.15, -0.1) is 0 Å². The lowest BCUT2D eigenvalue weighted by molar-refractivity contribution is -0.124. The second kappa shape index (κ2) is 3.79. The molecule has 1 aromatic carbocycles. The summed E-state index contributed by atoms with van der Waals surface area (Å²) in [7, 11) is 0. The van der Waals surface area contributed by atoms with Gasteiger partial charge in [0.05, 0.1) is 12.0 Å². The van der Waals surface area contributed by atoms with Gasteiger partial charge in [-0.3, -0.25) is 4.79 Å². The Morgan fingerprint density at radius 3 is 2.95 bits per heavy atom. The van der Waals surface area contributed by atoms with Crippen LogP contribution in [0.1, 0.15) is 12.8 Å². The highest BCUT2D eigenvalue weighted by Crippen LogP contribution is 2.75. The fourth-order valence-corrected chi connectivity index (χ4v) is 2.55. The summed E-state index contributed by atoms with van der Waals surface area (Å²) >= 11 is 0. The smallest absolute Gasteiger partial charge is 0.231 e. The van der Waals surface area contributed by atoms with Crippen LogP contribution in [0.4, 0.5) is 0 Å². The van der Waals surface area contributed by atoms with E-state index < -0.39 is 0 Å². The molecule has 100 valence electrons. The number of hydrogen-bond donors (Lipinski definition) is 1. The molecule has 0 radical (unpaired) electrons. The van der Waals surface area contributed by atoms with E-state index in [4.69, 9.17) is 14.2 Å². The van der Waals surface area contributed by atoms with Gasteiger partial charge in [-0.25, -0.2) is 0 Å². The van der Waals surface area contributed by atoms with Crippen LogP contribution in [0, 0.1) is 11.3 Å². The monoisotopic (exact) mass is 261 g/mol. The molecule has 4 rings (SSSR count). The molecule has 1 N–H and O–H groups in total. The van der Waals surface area contributed by atoms with Crippen LogP contribution in [-0.4, -0.2) is 25.9 Å². The average Bonchev–Trinajstić information content (AvgIpc) is 3.22. The van der Waals surface area contributed by atoms with Crippen LogP contribution in [0.5, 0.6) is 17.2 Å². The molecule has 0 unspecified atom stereocenters. The van der Waals surface area contributed by atoms with E-state index >= 15 is 0 Å². The Balaban J connectivity index is 1.25.